The lowest BCUT2D eigenvalue weighted by molar-refractivity contribution is -0.131. The molecule has 0 saturated carbocycles. The van der Waals surface area contributed by atoms with Crippen molar-refractivity contribution in [1.82, 2.24) is 0 Å². The van der Waals surface area contributed by atoms with Gasteiger partial charge in [-0.05, 0) is 25.0 Å². The zero-order chi connectivity index (χ0) is 14.3. The summed E-state index contributed by atoms with van der Waals surface area (Å²) in [6.45, 7) is 3.86. The predicted molar refractivity (Wildman–Crippen MR) is 77.3 cm³/mol. The Bertz CT molecular complexity index is 432. The summed E-state index contributed by atoms with van der Waals surface area (Å²) in [5, 5.41) is 11.0. The van der Waals surface area contributed by atoms with Gasteiger partial charge in [-0.2, -0.15) is 0 Å². The maximum absolute atomic E-state index is 11.0. The number of benzene rings is 1. The van der Waals surface area contributed by atoms with Crippen LogP contribution in [-0.4, -0.2) is 23.0 Å². The summed E-state index contributed by atoms with van der Waals surface area (Å²) in [6.07, 6.45) is 2.32. The molecule has 0 bridgehead atoms. The molecule has 0 saturated heterocycles. The smallest absolute Gasteiger partial charge is 0.308 e. The number of carbonyl (C=O) groups is 1. The number of ether oxygens (including phenoxy) is 2. The lowest BCUT2D eigenvalue weighted by Crippen LogP contribution is -2.05. The van der Waals surface area contributed by atoms with Gasteiger partial charge in [0.1, 0.15) is 5.75 Å². The minimum atomic E-state index is -0.398. The standard InChI is InChI=1S/C14H19BrO4/c1-3-5-11-12(19-10(2)16)6-7-13(14(11)17)18-9-4-8-15/h6-7,17H,3-5,8-9H2,1-2H3. The second kappa shape index (κ2) is 8.04. The van der Waals surface area contributed by atoms with E-state index in [4.69, 9.17) is 9.47 Å². The summed E-state index contributed by atoms with van der Waals surface area (Å²) in [6, 6.07) is 3.29. The van der Waals surface area contributed by atoms with Crippen LogP contribution in [0.3, 0.4) is 0 Å². The Hall–Kier alpha value is -1.23. The van der Waals surface area contributed by atoms with E-state index in [1.54, 1.807) is 12.1 Å². The molecule has 1 rings (SSSR count). The Kier molecular flexibility index (Phi) is 6.70. The summed E-state index contributed by atoms with van der Waals surface area (Å²) in [7, 11) is 0. The van der Waals surface area contributed by atoms with Gasteiger partial charge in [0.25, 0.3) is 0 Å². The van der Waals surface area contributed by atoms with E-state index in [0.717, 1.165) is 18.2 Å². The van der Waals surface area contributed by atoms with Crippen LogP contribution in [0.4, 0.5) is 0 Å². The van der Waals surface area contributed by atoms with Gasteiger partial charge in [-0.3, -0.25) is 4.79 Å². The van der Waals surface area contributed by atoms with E-state index in [-0.39, 0.29) is 5.75 Å². The number of rotatable bonds is 7. The summed E-state index contributed by atoms with van der Waals surface area (Å²) >= 11 is 3.32. The van der Waals surface area contributed by atoms with Crippen LogP contribution < -0.4 is 9.47 Å². The first kappa shape index (κ1) is 15.8. The predicted octanol–water partition coefficient (Wildman–Crippen LogP) is 3.43. The molecule has 0 aliphatic carbocycles. The minimum Gasteiger partial charge on any atom is -0.504 e. The number of hydrogen-bond acceptors (Lipinski definition) is 4. The van der Waals surface area contributed by atoms with Crippen LogP contribution in [0.15, 0.2) is 12.1 Å². The maximum atomic E-state index is 11.0. The van der Waals surface area contributed by atoms with Crippen LogP contribution in [0.2, 0.25) is 0 Å². The molecule has 0 aliphatic heterocycles. The number of phenols is 1. The molecule has 4 nitrogen and oxygen atoms in total. The topological polar surface area (TPSA) is 55.8 Å². The quantitative estimate of drug-likeness (QED) is 0.360. The van der Waals surface area contributed by atoms with Crippen molar-refractivity contribution in [3.05, 3.63) is 17.7 Å². The first-order valence-corrected chi connectivity index (χ1v) is 7.44. The number of phenolic OH excluding ortho intramolecular Hbond substituents is 1. The van der Waals surface area contributed by atoms with Crippen LogP contribution in [0.1, 0.15) is 32.3 Å². The highest BCUT2D eigenvalue weighted by Crippen LogP contribution is 2.37. The van der Waals surface area contributed by atoms with Gasteiger partial charge in [-0.25, -0.2) is 0 Å². The molecule has 0 atom stereocenters. The molecule has 0 amide bonds. The second-order valence-corrected chi connectivity index (χ2v) is 4.92. The highest BCUT2D eigenvalue weighted by atomic mass is 79.9. The Labute approximate surface area is 121 Å². The van der Waals surface area contributed by atoms with Gasteiger partial charge in [0.2, 0.25) is 0 Å². The Morgan fingerprint density at radius 1 is 1.37 bits per heavy atom. The average Bonchev–Trinajstić information content (AvgIpc) is 2.36. The van der Waals surface area contributed by atoms with E-state index in [2.05, 4.69) is 15.9 Å². The number of halogens is 1. The van der Waals surface area contributed by atoms with Crippen molar-refractivity contribution in [2.45, 2.75) is 33.1 Å². The van der Waals surface area contributed by atoms with Gasteiger partial charge in [-0.15, -0.1) is 0 Å². The van der Waals surface area contributed by atoms with Gasteiger partial charge in [0.05, 0.1) is 6.61 Å². The molecule has 5 heteroatoms. The summed E-state index contributed by atoms with van der Waals surface area (Å²) < 4.78 is 10.6. The van der Waals surface area contributed by atoms with Crippen molar-refractivity contribution in [3.63, 3.8) is 0 Å². The minimum absolute atomic E-state index is 0.0650. The third-order valence-corrected chi connectivity index (χ3v) is 3.05. The fraction of sp³-hybridized carbons (Fsp3) is 0.500. The molecule has 106 valence electrons. The largest absolute Gasteiger partial charge is 0.504 e. The zero-order valence-corrected chi connectivity index (χ0v) is 12.8. The first-order valence-electron chi connectivity index (χ1n) is 6.32. The fourth-order valence-electron chi connectivity index (χ4n) is 1.69. The summed E-state index contributed by atoms with van der Waals surface area (Å²) in [5.41, 5.74) is 0.619. The van der Waals surface area contributed by atoms with Gasteiger partial charge in [0, 0.05) is 17.8 Å². The number of esters is 1. The highest BCUT2D eigenvalue weighted by Gasteiger charge is 2.15. The number of carbonyl (C=O) groups excluding carboxylic acids is 1. The highest BCUT2D eigenvalue weighted by molar-refractivity contribution is 9.09. The van der Waals surface area contributed by atoms with Crippen molar-refractivity contribution in [3.8, 4) is 17.2 Å². The average molecular weight is 331 g/mol. The third kappa shape index (κ3) is 4.74. The molecular formula is C14H19BrO4. The van der Waals surface area contributed by atoms with Crippen molar-refractivity contribution < 1.29 is 19.4 Å². The van der Waals surface area contributed by atoms with Crippen LogP contribution in [0.5, 0.6) is 17.2 Å². The molecule has 0 spiro atoms. The molecule has 0 radical (unpaired) electrons. The molecule has 19 heavy (non-hydrogen) atoms. The van der Waals surface area contributed by atoms with Gasteiger partial charge < -0.3 is 14.6 Å². The fourth-order valence-corrected chi connectivity index (χ4v) is 1.92. The summed E-state index contributed by atoms with van der Waals surface area (Å²) in [5.74, 6) is 0.500. The molecule has 0 unspecified atom stereocenters. The SMILES string of the molecule is CCCc1c(OC(C)=O)ccc(OCCCBr)c1O. The monoisotopic (exact) mass is 330 g/mol. The Morgan fingerprint density at radius 3 is 2.63 bits per heavy atom. The number of aromatic hydroxyl groups is 1. The van der Waals surface area contributed by atoms with E-state index >= 15 is 0 Å². The number of hydrogen-bond donors (Lipinski definition) is 1. The molecule has 0 fully saturated rings. The Morgan fingerprint density at radius 2 is 2.05 bits per heavy atom. The van der Waals surface area contributed by atoms with E-state index in [1.165, 1.54) is 6.92 Å². The second-order valence-electron chi connectivity index (χ2n) is 4.12. The molecule has 1 aromatic rings. The lowest BCUT2D eigenvalue weighted by atomic mass is 10.1. The van der Waals surface area contributed by atoms with Gasteiger partial charge >= 0.3 is 5.97 Å². The molecule has 1 N–H and O–H groups in total. The molecule has 0 aliphatic rings. The van der Waals surface area contributed by atoms with Crippen LogP contribution in [-0.2, 0) is 11.2 Å². The van der Waals surface area contributed by atoms with Crippen molar-refractivity contribution in [1.29, 1.82) is 0 Å². The van der Waals surface area contributed by atoms with E-state index in [1.807, 2.05) is 6.92 Å². The van der Waals surface area contributed by atoms with Crippen LogP contribution in [0, 0.1) is 0 Å². The van der Waals surface area contributed by atoms with Crippen molar-refractivity contribution in [2.75, 3.05) is 11.9 Å². The lowest BCUT2D eigenvalue weighted by Gasteiger charge is -2.14. The van der Waals surface area contributed by atoms with E-state index < -0.39 is 5.97 Å². The molecular weight excluding hydrogens is 312 g/mol. The first-order chi connectivity index (χ1) is 9.10. The normalized spacial score (nSPS) is 10.3. The van der Waals surface area contributed by atoms with E-state index in [9.17, 15) is 9.90 Å². The molecule has 0 heterocycles. The van der Waals surface area contributed by atoms with Crippen LogP contribution in [0.25, 0.3) is 0 Å². The van der Waals surface area contributed by atoms with Crippen molar-refractivity contribution in [2.24, 2.45) is 0 Å². The molecule has 1 aromatic carbocycles. The Balaban J connectivity index is 2.97. The van der Waals surface area contributed by atoms with Crippen molar-refractivity contribution >= 4 is 21.9 Å². The molecule has 0 aromatic heterocycles. The van der Waals surface area contributed by atoms with Gasteiger partial charge in [-0.1, -0.05) is 29.3 Å². The third-order valence-electron chi connectivity index (χ3n) is 2.49. The van der Waals surface area contributed by atoms with Gasteiger partial charge in [0.15, 0.2) is 11.5 Å². The maximum Gasteiger partial charge on any atom is 0.308 e. The van der Waals surface area contributed by atoms with Crippen LogP contribution >= 0.6 is 15.9 Å². The summed E-state index contributed by atoms with van der Waals surface area (Å²) in [4.78, 5) is 11.0. The zero-order valence-electron chi connectivity index (χ0n) is 11.2. The van der Waals surface area contributed by atoms with E-state index in [0.29, 0.717) is 30.1 Å². The number of alkyl halides is 1.